The summed E-state index contributed by atoms with van der Waals surface area (Å²) in [4.78, 5) is 25.1. The van der Waals surface area contributed by atoms with Crippen molar-refractivity contribution in [1.82, 2.24) is 5.32 Å². The van der Waals surface area contributed by atoms with Crippen LogP contribution >= 0.6 is 8.03 Å². The lowest BCUT2D eigenvalue weighted by atomic mass is 9.93. The number of aliphatic imine (C=N–C) groups is 1. The lowest BCUT2D eigenvalue weighted by Crippen LogP contribution is -2.53. The molecule has 0 aliphatic heterocycles. The molecule has 0 aromatic rings. The highest BCUT2D eigenvalue weighted by molar-refractivity contribution is 7.43. The van der Waals surface area contributed by atoms with Gasteiger partial charge >= 0.3 is 8.03 Å². The highest BCUT2D eigenvalue weighted by Crippen LogP contribution is 2.37. The number of carbonyl (C=O) groups excluding carboxylic acids is 1. The molecular formula is C14H26N4O4P+. The van der Waals surface area contributed by atoms with Gasteiger partial charge in [0.15, 0.2) is 5.96 Å². The van der Waals surface area contributed by atoms with Gasteiger partial charge in [-0.25, -0.2) is 4.99 Å². The van der Waals surface area contributed by atoms with Gasteiger partial charge in [0.1, 0.15) is 6.10 Å². The number of amides is 1. The fraction of sp³-hybridized carbons (Fsp3) is 0.714. The summed E-state index contributed by atoms with van der Waals surface area (Å²) in [7, 11) is -2.50. The molecule has 1 amide bonds. The number of rotatable bonds is 7. The molecule has 130 valence electrons. The summed E-state index contributed by atoms with van der Waals surface area (Å²) < 4.78 is 17.5. The molecule has 0 spiro atoms. The van der Waals surface area contributed by atoms with Crippen LogP contribution in [0.25, 0.3) is 0 Å². The summed E-state index contributed by atoms with van der Waals surface area (Å²) in [5.41, 5.74) is 10.9. The van der Waals surface area contributed by atoms with E-state index in [0.717, 1.165) is 12.8 Å². The Morgan fingerprint density at radius 1 is 1.52 bits per heavy atom. The summed E-state index contributed by atoms with van der Waals surface area (Å²) in [6, 6.07) is -1.04. The van der Waals surface area contributed by atoms with Gasteiger partial charge in [0.25, 0.3) is 0 Å². The zero-order chi connectivity index (χ0) is 17.6. The third-order valence-electron chi connectivity index (χ3n) is 3.73. The zero-order valence-electron chi connectivity index (χ0n) is 13.7. The summed E-state index contributed by atoms with van der Waals surface area (Å²) in [6.45, 7) is 5.39. The van der Waals surface area contributed by atoms with Crippen molar-refractivity contribution in [2.45, 2.75) is 64.3 Å². The molecule has 9 heteroatoms. The molecule has 4 atom stereocenters. The topological polar surface area (TPSA) is 140 Å². The molecule has 0 saturated carbocycles. The predicted octanol–water partition coefficient (Wildman–Crippen LogP) is 0.729. The minimum absolute atomic E-state index is 0.0247. The molecule has 1 unspecified atom stereocenters. The van der Waals surface area contributed by atoms with Crippen LogP contribution in [0.3, 0.4) is 0 Å². The average molecular weight is 345 g/mol. The Bertz CT molecular complexity index is 501. The Balaban J connectivity index is 3.18. The van der Waals surface area contributed by atoms with E-state index in [0.29, 0.717) is 5.31 Å². The minimum atomic E-state index is -2.50. The van der Waals surface area contributed by atoms with Crippen LogP contribution in [0, 0.1) is 0 Å². The zero-order valence-corrected chi connectivity index (χ0v) is 14.6. The maximum absolute atomic E-state index is 11.5. The van der Waals surface area contributed by atoms with Gasteiger partial charge in [-0.1, -0.05) is 13.8 Å². The molecule has 0 aromatic carbocycles. The Labute approximate surface area is 137 Å². The van der Waals surface area contributed by atoms with Gasteiger partial charge < -0.3 is 21.5 Å². The SMILES string of the molecule is CCC(CC)O[C@@H]1C=C([P+](=O)O)C[C@H](N=C(N)N)[C@H]1NC(C)=O. The van der Waals surface area contributed by atoms with Crippen LogP contribution in [-0.2, 0) is 14.1 Å². The predicted molar refractivity (Wildman–Crippen MR) is 89.0 cm³/mol. The van der Waals surface area contributed by atoms with E-state index in [4.69, 9.17) is 16.2 Å². The van der Waals surface area contributed by atoms with Gasteiger partial charge in [0.2, 0.25) is 11.2 Å². The van der Waals surface area contributed by atoms with E-state index in [-0.39, 0.29) is 24.4 Å². The number of nitrogens with two attached hydrogens (primary N) is 2. The van der Waals surface area contributed by atoms with Crippen LogP contribution in [0.1, 0.15) is 40.0 Å². The first-order valence-corrected chi connectivity index (χ1v) is 8.87. The number of hydrogen-bond donors (Lipinski definition) is 4. The third kappa shape index (κ3) is 5.89. The van der Waals surface area contributed by atoms with Crippen LogP contribution in [0.4, 0.5) is 0 Å². The Kier molecular flexibility index (Phi) is 7.61. The van der Waals surface area contributed by atoms with E-state index < -0.39 is 26.2 Å². The second-order valence-electron chi connectivity index (χ2n) is 5.52. The van der Waals surface area contributed by atoms with E-state index in [1.807, 2.05) is 13.8 Å². The number of hydrogen-bond acceptors (Lipinski definition) is 4. The quantitative estimate of drug-likeness (QED) is 0.305. The molecule has 1 rings (SSSR count). The van der Waals surface area contributed by atoms with Crippen LogP contribution < -0.4 is 16.8 Å². The van der Waals surface area contributed by atoms with Crippen LogP contribution in [0.2, 0.25) is 0 Å². The fourth-order valence-electron chi connectivity index (χ4n) is 2.62. The molecule has 1 aliphatic carbocycles. The maximum atomic E-state index is 11.5. The van der Waals surface area contributed by atoms with E-state index in [9.17, 15) is 14.3 Å². The second kappa shape index (κ2) is 8.96. The van der Waals surface area contributed by atoms with Crippen molar-refractivity contribution < 1.29 is 19.0 Å². The Hall–Kier alpha value is -1.50. The van der Waals surface area contributed by atoms with Gasteiger partial charge in [-0.2, -0.15) is 4.89 Å². The van der Waals surface area contributed by atoms with Crippen molar-refractivity contribution in [3.05, 3.63) is 11.4 Å². The highest BCUT2D eigenvalue weighted by Gasteiger charge is 2.41. The molecule has 0 heterocycles. The van der Waals surface area contributed by atoms with E-state index in [1.54, 1.807) is 6.08 Å². The molecule has 1 aliphatic rings. The number of guanidine groups is 1. The van der Waals surface area contributed by atoms with Gasteiger partial charge in [-0.05, 0) is 23.5 Å². The number of nitrogens with zero attached hydrogens (tertiary/aromatic N) is 1. The van der Waals surface area contributed by atoms with Gasteiger partial charge in [0.05, 0.1) is 18.2 Å². The molecule has 0 saturated heterocycles. The molecule has 0 bridgehead atoms. The van der Waals surface area contributed by atoms with Crippen LogP contribution in [0.15, 0.2) is 16.4 Å². The first-order valence-electron chi connectivity index (χ1n) is 7.66. The summed E-state index contributed by atoms with van der Waals surface area (Å²) in [5.74, 6) is -0.379. The molecule has 8 nitrogen and oxygen atoms in total. The third-order valence-corrected chi connectivity index (χ3v) is 4.56. The van der Waals surface area contributed by atoms with Crippen molar-refractivity contribution in [3.63, 3.8) is 0 Å². The first kappa shape index (κ1) is 19.5. The number of carbonyl (C=O) groups is 1. The van der Waals surface area contributed by atoms with Crippen LogP contribution in [0.5, 0.6) is 0 Å². The normalized spacial score (nSPS) is 24.8. The fourth-order valence-corrected chi connectivity index (χ4v) is 3.24. The lowest BCUT2D eigenvalue weighted by molar-refractivity contribution is -0.121. The molecular weight excluding hydrogens is 319 g/mol. The number of nitrogens with one attached hydrogen (secondary N) is 1. The largest absolute Gasteiger partial charge is 0.541 e. The summed E-state index contributed by atoms with van der Waals surface area (Å²) in [6.07, 6.45) is 2.80. The lowest BCUT2D eigenvalue weighted by Gasteiger charge is -2.34. The smallest absolute Gasteiger partial charge is 0.370 e. The summed E-state index contributed by atoms with van der Waals surface area (Å²) in [5, 5.41) is 3.12. The molecule has 0 radical (unpaired) electrons. The first-order chi connectivity index (χ1) is 10.8. The van der Waals surface area contributed by atoms with Crippen LogP contribution in [-0.4, -0.2) is 41.1 Å². The number of ether oxygens (including phenoxy) is 1. The van der Waals surface area contributed by atoms with Crippen molar-refractivity contribution in [1.29, 1.82) is 0 Å². The molecule has 23 heavy (non-hydrogen) atoms. The minimum Gasteiger partial charge on any atom is -0.370 e. The van der Waals surface area contributed by atoms with Gasteiger partial charge in [0, 0.05) is 13.3 Å². The van der Waals surface area contributed by atoms with E-state index in [2.05, 4.69) is 10.3 Å². The van der Waals surface area contributed by atoms with E-state index >= 15 is 0 Å². The van der Waals surface area contributed by atoms with E-state index in [1.165, 1.54) is 6.92 Å². The van der Waals surface area contributed by atoms with Gasteiger partial charge in [-0.15, -0.1) is 0 Å². The maximum Gasteiger partial charge on any atom is 0.541 e. The van der Waals surface area contributed by atoms with Crippen molar-refractivity contribution in [3.8, 4) is 0 Å². The summed E-state index contributed by atoms with van der Waals surface area (Å²) >= 11 is 0. The Morgan fingerprint density at radius 3 is 2.57 bits per heavy atom. The Morgan fingerprint density at radius 2 is 2.13 bits per heavy atom. The molecule has 0 fully saturated rings. The van der Waals surface area contributed by atoms with Crippen molar-refractivity contribution >= 4 is 19.9 Å². The average Bonchev–Trinajstić information content (AvgIpc) is 2.46. The second-order valence-corrected chi connectivity index (χ2v) is 6.64. The highest BCUT2D eigenvalue weighted by atomic mass is 31.1. The van der Waals surface area contributed by atoms with Gasteiger partial charge in [-0.3, -0.25) is 4.79 Å². The van der Waals surface area contributed by atoms with Crippen molar-refractivity contribution in [2.75, 3.05) is 0 Å². The van der Waals surface area contributed by atoms with Crippen molar-refractivity contribution in [2.24, 2.45) is 16.5 Å². The monoisotopic (exact) mass is 345 g/mol. The molecule has 0 aromatic heterocycles. The molecule has 6 N–H and O–H groups in total. The standard InChI is InChI=1S/C14H25N4O4P/c1-4-9(5-2)22-12-7-10(23(20)21)6-11(18-14(15)16)13(12)17-8(3)19/h7,9,11-13H,4-6H2,1-3H3,(H5-,15,16,17,18,19,20,21)/p+1/t11-,12+,13+/m0/s1.